The number of aliphatic hydroxyl groups excluding tert-OH is 2. The van der Waals surface area contributed by atoms with Crippen molar-refractivity contribution in [2.24, 2.45) is 5.41 Å². The largest absolute Gasteiger partial charge is 0.396 e. The molecule has 0 aromatic carbocycles. The topological polar surface area (TPSA) is 98.7 Å². The van der Waals surface area contributed by atoms with Gasteiger partial charge in [-0.15, -0.1) is 0 Å². The van der Waals surface area contributed by atoms with Crippen molar-refractivity contribution < 1.29 is 19.8 Å². The number of hydrogen-bond donors (Lipinski definition) is 5. The number of aliphatic hydroxyl groups is 2. The lowest BCUT2D eigenvalue weighted by Gasteiger charge is -2.27. The Balaban J connectivity index is 3.94. The number of carbonyl (C=O) groups is 2. The van der Waals surface area contributed by atoms with Crippen molar-refractivity contribution in [1.29, 1.82) is 0 Å². The van der Waals surface area contributed by atoms with Crippen LogP contribution in [0.1, 0.15) is 20.3 Å². The van der Waals surface area contributed by atoms with Crippen LogP contribution in [0.5, 0.6) is 0 Å². The van der Waals surface area contributed by atoms with Gasteiger partial charge in [-0.25, -0.2) is 0 Å². The SMILES string of the molecule is CC(C)(CO)[C@@H](O)C(=O)NCCC(=O)[15NH]CCS. The molecule has 2 amide bonds. The summed E-state index contributed by atoms with van der Waals surface area (Å²) in [6.07, 6.45) is -1.16. The van der Waals surface area contributed by atoms with Crippen molar-refractivity contribution in [2.75, 3.05) is 25.4 Å². The molecule has 0 saturated heterocycles. The zero-order valence-electron chi connectivity index (χ0n) is 10.8. The van der Waals surface area contributed by atoms with Gasteiger partial charge in [-0.05, 0) is 0 Å². The lowest BCUT2D eigenvalue weighted by Crippen LogP contribution is -2.46. The molecule has 6 nitrogen and oxygen atoms in total. The van der Waals surface area contributed by atoms with Gasteiger partial charge in [0.25, 0.3) is 0 Å². The van der Waals surface area contributed by atoms with Crippen molar-refractivity contribution in [3.05, 3.63) is 0 Å². The summed E-state index contributed by atoms with van der Waals surface area (Å²) in [4.78, 5) is 22.7. The first-order valence-electron chi connectivity index (χ1n) is 5.79. The summed E-state index contributed by atoms with van der Waals surface area (Å²) in [5, 5.41) is 23.7. The van der Waals surface area contributed by atoms with Gasteiger partial charge < -0.3 is 20.8 Å². The van der Waals surface area contributed by atoms with Gasteiger partial charge in [0.05, 0.1) is 6.61 Å². The highest BCUT2D eigenvalue weighted by molar-refractivity contribution is 7.80. The van der Waals surface area contributed by atoms with Crippen molar-refractivity contribution in [2.45, 2.75) is 26.4 Å². The minimum Gasteiger partial charge on any atom is -0.396 e. The number of rotatable bonds is 8. The van der Waals surface area contributed by atoms with Gasteiger partial charge in [-0.3, -0.25) is 9.59 Å². The number of thiol groups is 1. The van der Waals surface area contributed by atoms with Gasteiger partial charge in [0.15, 0.2) is 0 Å². The van der Waals surface area contributed by atoms with Gasteiger partial charge in [0.1, 0.15) is 6.10 Å². The van der Waals surface area contributed by atoms with Crippen molar-refractivity contribution >= 4 is 24.4 Å². The van der Waals surface area contributed by atoms with E-state index in [-0.39, 0.29) is 25.5 Å². The molecule has 0 aromatic heterocycles. The molecular weight excluding hydrogens is 257 g/mol. The van der Waals surface area contributed by atoms with E-state index in [2.05, 4.69) is 23.3 Å². The third-order valence-electron chi connectivity index (χ3n) is 2.48. The maximum Gasteiger partial charge on any atom is 0.249 e. The Labute approximate surface area is 113 Å². The maximum absolute atomic E-state index is 11.5. The second-order valence-corrected chi connectivity index (χ2v) is 5.11. The smallest absolute Gasteiger partial charge is 0.249 e. The highest BCUT2D eigenvalue weighted by Gasteiger charge is 2.32. The molecule has 106 valence electrons. The number of hydrogen-bond acceptors (Lipinski definition) is 5. The van der Waals surface area contributed by atoms with Gasteiger partial charge in [-0.1, -0.05) is 13.8 Å². The molecule has 0 radical (unpaired) electrons. The fraction of sp³-hybridized carbons (Fsp3) is 0.818. The van der Waals surface area contributed by atoms with Crippen LogP contribution in [-0.4, -0.2) is 53.6 Å². The van der Waals surface area contributed by atoms with E-state index in [0.717, 1.165) is 0 Å². The monoisotopic (exact) mass is 279 g/mol. The molecule has 0 saturated carbocycles. The summed E-state index contributed by atoms with van der Waals surface area (Å²) in [6, 6.07) is 0. The molecule has 0 heterocycles. The molecule has 0 bridgehead atoms. The van der Waals surface area contributed by atoms with Gasteiger partial charge in [-0.2, -0.15) is 12.6 Å². The molecular formula is C11H22N2O4S. The lowest BCUT2D eigenvalue weighted by atomic mass is 9.87. The van der Waals surface area contributed by atoms with Crippen LogP contribution in [-0.2, 0) is 9.59 Å². The van der Waals surface area contributed by atoms with Crippen LogP contribution in [0.2, 0.25) is 0 Å². The van der Waals surface area contributed by atoms with Crippen LogP contribution in [0.25, 0.3) is 0 Å². The number of carbonyl (C=O) groups excluding carboxylic acids is 2. The molecule has 0 rings (SSSR count). The van der Waals surface area contributed by atoms with Crippen LogP contribution >= 0.6 is 12.6 Å². The first-order valence-corrected chi connectivity index (χ1v) is 6.42. The lowest BCUT2D eigenvalue weighted by molar-refractivity contribution is -0.137. The van der Waals surface area contributed by atoms with Crippen molar-refractivity contribution in [1.82, 2.24) is 10.6 Å². The van der Waals surface area contributed by atoms with Crippen molar-refractivity contribution in [3.63, 3.8) is 0 Å². The molecule has 0 unspecified atom stereocenters. The zero-order chi connectivity index (χ0) is 14.2. The Hall–Kier alpha value is -0.790. The third kappa shape index (κ3) is 6.23. The van der Waals surface area contributed by atoms with Crippen molar-refractivity contribution in [3.8, 4) is 0 Å². The van der Waals surface area contributed by atoms with E-state index in [0.29, 0.717) is 12.3 Å². The molecule has 1 atom stereocenters. The average Bonchev–Trinajstić information content (AvgIpc) is 2.35. The fourth-order valence-electron chi connectivity index (χ4n) is 1.12. The number of nitrogens with one attached hydrogen (secondary N) is 2. The van der Waals surface area contributed by atoms with E-state index in [1.807, 2.05) is 0 Å². The Morgan fingerprint density at radius 3 is 2.39 bits per heavy atom. The van der Waals surface area contributed by atoms with E-state index >= 15 is 0 Å². The van der Waals surface area contributed by atoms with Crippen LogP contribution in [0, 0.1) is 5.41 Å². The summed E-state index contributed by atoms with van der Waals surface area (Å²) < 4.78 is 0. The van der Waals surface area contributed by atoms with Crippen LogP contribution in [0.3, 0.4) is 0 Å². The predicted octanol–water partition coefficient (Wildman–Crippen LogP) is -1.08. The van der Waals surface area contributed by atoms with Crippen LogP contribution < -0.4 is 10.6 Å². The van der Waals surface area contributed by atoms with E-state index in [1.54, 1.807) is 13.8 Å². The Bertz CT molecular complexity index is 284. The number of amides is 2. The minimum atomic E-state index is -1.30. The molecule has 0 spiro atoms. The van der Waals surface area contributed by atoms with E-state index < -0.39 is 17.4 Å². The zero-order valence-corrected chi connectivity index (χ0v) is 11.7. The van der Waals surface area contributed by atoms with Crippen LogP contribution in [0.15, 0.2) is 0 Å². The molecule has 7 heteroatoms. The second-order valence-electron chi connectivity index (χ2n) is 4.66. The normalized spacial score (nSPS) is 12.9. The first-order chi connectivity index (χ1) is 8.35. The highest BCUT2D eigenvalue weighted by atomic mass is 32.1. The molecule has 0 fully saturated rings. The first kappa shape index (κ1) is 17.2. The summed E-state index contributed by atoms with van der Waals surface area (Å²) in [5.74, 6) is -0.210. The molecule has 4 N–H and O–H groups in total. The van der Waals surface area contributed by atoms with E-state index in [1.165, 1.54) is 0 Å². The molecule has 0 aliphatic heterocycles. The molecule has 0 aromatic rings. The van der Waals surface area contributed by atoms with Gasteiger partial charge in [0, 0.05) is 30.7 Å². The Morgan fingerprint density at radius 1 is 1.28 bits per heavy atom. The average molecular weight is 279 g/mol. The Morgan fingerprint density at radius 2 is 1.89 bits per heavy atom. The van der Waals surface area contributed by atoms with E-state index in [4.69, 9.17) is 5.11 Å². The summed E-state index contributed by atoms with van der Waals surface area (Å²) >= 11 is 3.95. The minimum absolute atomic E-state index is 0.145. The molecule has 0 aliphatic rings. The molecule has 0 aliphatic carbocycles. The fourth-order valence-corrected chi connectivity index (χ4v) is 1.23. The van der Waals surface area contributed by atoms with Gasteiger partial charge in [0.2, 0.25) is 11.8 Å². The van der Waals surface area contributed by atoms with E-state index in [9.17, 15) is 14.7 Å². The standard InChI is InChI=1S/C11H22N2O4S/c1-11(2,7-14)9(16)10(17)13-4-3-8(15)12-5-6-18/h9,14,16,18H,3-7H2,1-2H3,(H,12,15)(H,13,17)/t9-/m0/s1/i12+1. The predicted molar refractivity (Wildman–Crippen MR) is 71.4 cm³/mol. The summed E-state index contributed by atoms with van der Waals surface area (Å²) in [6.45, 7) is 3.49. The summed E-state index contributed by atoms with van der Waals surface area (Å²) in [5.41, 5.74) is -0.904. The second kappa shape index (κ2) is 8.34. The maximum atomic E-state index is 11.5. The summed E-state index contributed by atoms with van der Waals surface area (Å²) in [7, 11) is 0. The third-order valence-corrected chi connectivity index (χ3v) is 2.70. The van der Waals surface area contributed by atoms with Crippen LogP contribution in [0.4, 0.5) is 0 Å². The molecule has 18 heavy (non-hydrogen) atoms. The van der Waals surface area contributed by atoms with Gasteiger partial charge >= 0.3 is 0 Å². The quantitative estimate of drug-likeness (QED) is 0.288. The highest BCUT2D eigenvalue weighted by Crippen LogP contribution is 2.19. The Kier molecular flexibility index (Phi) is 7.97.